The van der Waals surface area contributed by atoms with Gasteiger partial charge in [0, 0.05) is 0 Å². The zero-order valence-electron chi connectivity index (χ0n) is 10.7. The van der Waals surface area contributed by atoms with Gasteiger partial charge in [-0.15, -0.1) is 0 Å². The van der Waals surface area contributed by atoms with Gasteiger partial charge < -0.3 is 0 Å². The van der Waals surface area contributed by atoms with Gasteiger partial charge in [0.25, 0.3) is 0 Å². The molecule has 0 atom stereocenters. The van der Waals surface area contributed by atoms with E-state index in [1.165, 1.54) is 24.3 Å². The van der Waals surface area contributed by atoms with E-state index in [-0.39, 0.29) is 5.69 Å². The minimum atomic E-state index is -4.77. The molecule has 1 aromatic rings. The maximum atomic E-state index is 12.4. The normalized spacial score (nSPS) is 13.5. The second kappa shape index (κ2) is 5.72. The van der Waals surface area contributed by atoms with Crippen molar-refractivity contribution in [3.05, 3.63) is 29.8 Å². The summed E-state index contributed by atoms with van der Waals surface area (Å²) in [6, 6.07) is 5.57. The third-order valence-corrected chi connectivity index (χ3v) is 2.34. The van der Waals surface area contributed by atoms with E-state index in [1.54, 1.807) is 6.92 Å². The summed E-state index contributed by atoms with van der Waals surface area (Å²) in [6.07, 6.45) is -9.44. The van der Waals surface area contributed by atoms with Gasteiger partial charge in [0.1, 0.15) is 12.3 Å². The molecule has 0 aliphatic rings. The van der Waals surface area contributed by atoms with Gasteiger partial charge in [-0.3, -0.25) is 5.01 Å². The first-order chi connectivity index (χ1) is 8.99. The van der Waals surface area contributed by atoms with E-state index in [9.17, 15) is 26.3 Å². The van der Waals surface area contributed by atoms with Crippen molar-refractivity contribution >= 4 is 11.4 Å². The molecule has 0 aliphatic heterocycles. The molecule has 0 N–H and O–H groups in total. The molecule has 0 saturated carbocycles. The fraction of sp³-hybridized carbons (Fsp3) is 0.417. The van der Waals surface area contributed by atoms with Crippen molar-refractivity contribution in [2.45, 2.75) is 26.2 Å². The van der Waals surface area contributed by atoms with E-state index < -0.39 is 24.6 Å². The highest BCUT2D eigenvalue weighted by molar-refractivity contribution is 5.88. The summed E-state index contributed by atoms with van der Waals surface area (Å²) in [6.45, 7) is 0.739. The molecule has 0 aliphatic carbocycles. The number of anilines is 1. The fourth-order valence-corrected chi connectivity index (χ4v) is 1.31. The van der Waals surface area contributed by atoms with Crippen LogP contribution in [-0.2, 0) is 0 Å². The van der Waals surface area contributed by atoms with Crippen molar-refractivity contribution in [3.8, 4) is 0 Å². The molecular formula is C12H12F6N2. The lowest BCUT2D eigenvalue weighted by Crippen LogP contribution is -2.33. The number of aryl methyl sites for hydroxylation is 1. The van der Waals surface area contributed by atoms with Crippen LogP contribution in [0.3, 0.4) is 0 Å². The Balaban J connectivity index is 3.12. The van der Waals surface area contributed by atoms with Gasteiger partial charge in [0.05, 0.1) is 5.69 Å². The molecule has 0 radical (unpaired) electrons. The van der Waals surface area contributed by atoms with Crippen molar-refractivity contribution in [1.82, 2.24) is 0 Å². The van der Waals surface area contributed by atoms with Gasteiger partial charge in [-0.05, 0) is 26.0 Å². The quantitative estimate of drug-likeness (QED) is 0.461. The van der Waals surface area contributed by atoms with E-state index in [2.05, 4.69) is 5.10 Å². The van der Waals surface area contributed by atoms with Crippen LogP contribution in [0.2, 0.25) is 0 Å². The van der Waals surface area contributed by atoms with E-state index in [0.29, 0.717) is 11.9 Å². The molecule has 0 amide bonds. The number of hydrogen-bond acceptors (Lipinski definition) is 2. The number of halogens is 6. The Hall–Kier alpha value is -1.73. The molecule has 0 heterocycles. The largest absolute Gasteiger partial charge is 0.430 e. The van der Waals surface area contributed by atoms with Gasteiger partial charge in [0.15, 0.2) is 0 Å². The molecule has 1 rings (SSSR count). The molecule has 2 nitrogen and oxygen atoms in total. The van der Waals surface area contributed by atoms with Crippen LogP contribution in [0.5, 0.6) is 0 Å². The third-order valence-electron chi connectivity index (χ3n) is 2.34. The molecule has 20 heavy (non-hydrogen) atoms. The van der Waals surface area contributed by atoms with Crippen LogP contribution in [-0.4, -0.2) is 24.6 Å². The highest BCUT2D eigenvalue weighted by Crippen LogP contribution is 2.25. The second-order valence-corrected chi connectivity index (χ2v) is 4.19. The van der Waals surface area contributed by atoms with Crippen molar-refractivity contribution in [3.63, 3.8) is 0 Å². The van der Waals surface area contributed by atoms with Gasteiger partial charge in [-0.1, -0.05) is 17.7 Å². The zero-order chi connectivity index (χ0) is 15.6. The number of benzene rings is 1. The zero-order valence-corrected chi connectivity index (χ0v) is 10.7. The van der Waals surface area contributed by atoms with Gasteiger partial charge >= 0.3 is 12.4 Å². The highest BCUT2D eigenvalue weighted by Gasteiger charge is 2.35. The molecule has 0 saturated heterocycles. The average Bonchev–Trinajstić information content (AvgIpc) is 2.25. The molecule has 112 valence electrons. The van der Waals surface area contributed by atoms with Crippen molar-refractivity contribution < 1.29 is 26.3 Å². The third kappa shape index (κ3) is 5.10. The summed E-state index contributed by atoms with van der Waals surface area (Å²) in [4.78, 5) is 0. The molecule has 0 spiro atoms. The van der Waals surface area contributed by atoms with Crippen LogP contribution >= 0.6 is 0 Å². The van der Waals surface area contributed by atoms with Crippen molar-refractivity contribution in [2.24, 2.45) is 5.10 Å². The summed E-state index contributed by atoms with van der Waals surface area (Å²) < 4.78 is 74.4. The topological polar surface area (TPSA) is 15.6 Å². The van der Waals surface area contributed by atoms with Crippen LogP contribution in [0, 0.1) is 6.92 Å². The summed E-state index contributed by atoms with van der Waals surface area (Å²) in [5.74, 6) is 0. The molecule has 0 unspecified atom stereocenters. The van der Waals surface area contributed by atoms with E-state index in [1.807, 2.05) is 0 Å². The second-order valence-electron chi connectivity index (χ2n) is 4.19. The van der Waals surface area contributed by atoms with Crippen molar-refractivity contribution in [2.75, 3.05) is 11.6 Å². The first-order valence-electron chi connectivity index (χ1n) is 5.52. The summed E-state index contributed by atoms with van der Waals surface area (Å²) in [5.41, 5.74) is -0.629. The number of rotatable bonds is 3. The van der Waals surface area contributed by atoms with Crippen LogP contribution in [0.25, 0.3) is 0 Å². The van der Waals surface area contributed by atoms with Gasteiger partial charge in [-0.2, -0.15) is 31.4 Å². The summed E-state index contributed by atoms with van der Waals surface area (Å²) in [5, 5.41) is 3.33. The summed E-state index contributed by atoms with van der Waals surface area (Å²) in [7, 11) is 0. The average molecular weight is 298 g/mol. The highest BCUT2D eigenvalue weighted by atomic mass is 19.4. The molecule has 0 aromatic heterocycles. The fourth-order valence-electron chi connectivity index (χ4n) is 1.31. The van der Waals surface area contributed by atoms with E-state index >= 15 is 0 Å². The van der Waals surface area contributed by atoms with Crippen LogP contribution in [0.4, 0.5) is 32.0 Å². The maximum absolute atomic E-state index is 12.4. The Morgan fingerprint density at radius 3 is 1.95 bits per heavy atom. The standard InChI is InChI=1S/C12H12F6N2/c1-8-3-5-10(6-4-8)20(7-11(13,14)15)19-9(2)12(16,17)18/h3-6H,7H2,1-2H3/b19-9+. The maximum Gasteiger partial charge on any atom is 0.430 e. The molecular weight excluding hydrogens is 286 g/mol. The predicted octanol–water partition coefficient (Wildman–Crippen LogP) is 4.30. The Morgan fingerprint density at radius 2 is 1.55 bits per heavy atom. The SMILES string of the molecule is C/C(=N\N(CC(F)(F)F)c1ccc(C)cc1)C(F)(F)F. The molecule has 0 bridgehead atoms. The summed E-state index contributed by atoms with van der Waals surface area (Å²) >= 11 is 0. The lowest BCUT2D eigenvalue weighted by atomic mass is 10.2. The Kier molecular flexibility index (Phi) is 4.67. The van der Waals surface area contributed by atoms with Crippen LogP contribution in [0.15, 0.2) is 29.4 Å². The molecule has 8 heteroatoms. The van der Waals surface area contributed by atoms with E-state index in [0.717, 1.165) is 5.56 Å². The Bertz CT molecular complexity index is 472. The van der Waals surface area contributed by atoms with Crippen LogP contribution in [0.1, 0.15) is 12.5 Å². The Morgan fingerprint density at radius 1 is 1.05 bits per heavy atom. The number of hydrazone groups is 1. The number of alkyl halides is 6. The minimum absolute atomic E-state index is 0.0588. The number of nitrogens with zero attached hydrogens (tertiary/aromatic N) is 2. The first-order valence-corrected chi connectivity index (χ1v) is 5.52. The van der Waals surface area contributed by atoms with E-state index in [4.69, 9.17) is 0 Å². The monoisotopic (exact) mass is 298 g/mol. The molecule has 1 aromatic carbocycles. The molecule has 0 fully saturated rings. The lowest BCUT2D eigenvalue weighted by Gasteiger charge is -2.22. The minimum Gasteiger partial charge on any atom is -0.256 e. The predicted molar refractivity (Wildman–Crippen MR) is 63.7 cm³/mol. The lowest BCUT2D eigenvalue weighted by molar-refractivity contribution is -0.120. The first kappa shape index (κ1) is 16.3. The van der Waals surface area contributed by atoms with Crippen LogP contribution < -0.4 is 5.01 Å². The van der Waals surface area contributed by atoms with Crippen molar-refractivity contribution in [1.29, 1.82) is 0 Å². The Labute approximate surface area is 111 Å². The smallest absolute Gasteiger partial charge is 0.256 e. The van der Waals surface area contributed by atoms with Gasteiger partial charge in [-0.25, -0.2) is 0 Å². The van der Waals surface area contributed by atoms with Gasteiger partial charge in [0.2, 0.25) is 0 Å². The number of hydrogen-bond donors (Lipinski definition) is 0.